The van der Waals surface area contributed by atoms with Gasteiger partial charge >= 0.3 is 5.97 Å². The number of carboxylic acid groups (broad SMARTS) is 1. The monoisotopic (exact) mass is 312 g/mol. The van der Waals surface area contributed by atoms with Gasteiger partial charge in [-0.05, 0) is 13.0 Å². The van der Waals surface area contributed by atoms with Gasteiger partial charge in [0.05, 0.1) is 22.3 Å². The molecule has 21 heavy (non-hydrogen) atoms. The summed E-state index contributed by atoms with van der Waals surface area (Å²) in [5, 5.41) is 23.8. The minimum Gasteiger partial charge on any atom is -0.478 e. The van der Waals surface area contributed by atoms with Crippen LogP contribution in [-0.4, -0.2) is 36.2 Å². The Labute approximate surface area is 120 Å². The van der Waals surface area contributed by atoms with Crippen LogP contribution >= 0.6 is 0 Å². The molecule has 1 aromatic carbocycles. The number of rotatable bonds is 4. The second-order valence-corrected chi connectivity index (χ2v) is 6.57. The van der Waals surface area contributed by atoms with E-state index in [1.54, 1.807) is 0 Å². The fraction of sp³-hybridized carbons (Fsp3) is 0.250. The first-order valence-electron chi connectivity index (χ1n) is 5.89. The van der Waals surface area contributed by atoms with Crippen molar-refractivity contribution in [3.8, 4) is 0 Å². The van der Waals surface area contributed by atoms with Gasteiger partial charge in [-0.1, -0.05) is 6.08 Å². The van der Waals surface area contributed by atoms with Gasteiger partial charge in [0.2, 0.25) is 0 Å². The van der Waals surface area contributed by atoms with Gasteiger partial charge in [-0.3, -0.25) is 10.1 Å². The number of hydrogen-bond donors (Lipinski definition) is 2. The fourth-order valence-corrected chi connectivity index (χ4v) is 3.26. The highest BCUT2D eigenvalue weighted by atomic mass is 32.2. The molecule has 112 valence electrons. The van der Waals surface area contributed by atoms with Crippen LogP contribution in [0.15, 0.2) is 23.6 Å². The Kier molecular flexibility index (Phi) is 3.69. The van der Waals surface area contributed by atoms with E-state index in [1.807, 2.05) is 0 Å². The first kappa shape index (κ1) is 15.0. The topological polar surface area (TPSA) is 127 Å². The van der Waals surface area contributed by atoms with Crippen molar-refractivity contribution < 1.29 is 23.2 Å². The van der Waals surface area contributed by atoms with Crippen molar-refractivity contribution in [3.63, 3.8) is 0 Å². The smallest absolute Gasteiger partial charge is 0.336 e. The molecule has 0 spiro atoms. The summed E-state index contributed by atoms with van der Waals surface area (Å²) in [4.78, 5) is 21.3. The largest absolute Gasteiger partial charge is 0.478 e. The van der Waals surface area contributed by atoms with Crippen LogP contribution < -0.4 is 5.32 Å². The number of nitro benzene ring substituents is 1. The maximum atomic E-state index is 11.3. The molecular weight excluding hydrogens is 300 g/mol. The maximum Gasteiger partial charge on any atom is 0.336 e. The highest BCUT2D eigenvalue weighted by Gasteiger charge is 2.24. The standard InChI is InChI=1S/C12H12N2O6S/c1-7-10(13-9-2-3-21(19,20)6-9)4-8(12(15)16)5-11(7)14(17)18/h2-5,9,13H,6H2,1H3,(H,15,16). The van der Waals surface area contributed by atoms with E-state index >= 15 is 0 Å². The van der Waals surface area contributed by atoms with Gasteiger partial charge in [0, 0.05) is 22.7 Å². The molecule has 2 rings (SSSR count). The second-order valence-electron chi connectivity index (χ2n) is 4.64. The van der Waals surface area contributed by atoms with Gasteiger partial charge in [-0.25, -0.2) is 13.2 Å². The van der Waals surface area contributed by atoms with E-state index in [9.17, 15) is 23.3 Å². The molecule has 1 aliphatic rings. The van der Waals surface area contributed by atoms with Crippen LogP contribution in [0.3, 0.4) is 0 Å². The summed E-state index contributed by atoms with van der Waals surface area (Å²) in [5.74, 6) is -1.46. The number of anilines is 1. The summed E-state index contributed by atoms with van der Waals surface area (Å²) in [6, 6.07) is 1.69. The van der Waals surface area contributed by atoms with E-state index in [2.05, 4.69) is 5.32 Å². The Hall–Kier alpha value is -2.42. The molecule has 9 heteroatoms. The Balaban J connectivity index is 2.41. The highest BCUT2D eigenvalue weighted by Crippen LogP contribution is 2.29. The highest BCUT2D eigenvalue weighted by molar-refractivity contribution is 7.94. The molecule has 1 aliphatic heterocycles. The Bertz CT molecular complexity index is 753. The van der Waals surface area contributed by atoms with Gasteiger partial charge in [0.25, 0.3) is 5.69 Å². The van der Waals surface area contributed by atoms with Crippen LogP contribution in [0.2, 0.25) is 0 Å². The number of nitrogens with zero attached hydrogens (tertiary/aromatic N) is 1. The lowest BCUT2D eigenvalue weighted by atomic mass is 10.1. The zero-order valence-corrected chi connectivity index (χ0v) is 11.8. The van der Waals surface area contributed by atoms with Crippen molar-refractivity contribution in [2.45, 2.75) is 13.0 Å². The summed E-state index contributed by atoms with van der Waals surface area (Å²) in [6.45, 7) is 1.47. The third kappa shape index (κ3) is 3.19. The molecule has 0 bridgehead atoms. The molecule has 0 aromatic heterocycles. The van der Waals surface area contributed by atoms with Gasteiger partial charge < -0.3 is 10.4 Å². The van der Waals surface area contributed by atoms with Crippen molar-refractivity contribution in [1.29, 1.82) is 0 Å². The molecule has 2 N–H and O–H groups in total. The van der Waals surface area contributed by atoms with Gasteiger partial charge in [-0.2, -0.15) is 0 Å². The molecule has 0 amide bonds. The second kappa shape index (κ2) is 5.17. The third-order valence-electron chi connectivity index (χ3n) is 3.09. The Morgan fingerprint density at radius 1 is 1.48 bits per heavy atom. The van der Waals surface area contributed by atoms with Crippen molar-refractivity contribution in [3.05, 3.63) is 44.9 Å². The summed E-state index contributed by atoms with van der Waals surface area (Å²) < 4.78 is 22.7. The van der Waals surface area contributed by atoms with E-state index in [0.29, 0.717) is 0 Å². The number of carbonyl (C=O) groups is 1. The first-order chi connectivity index (χ1) is 9.69. The number of sulfone groups is 1. The minimum absolute atomic E-state index is 0.169. The predicted molar refractivity (Wildman–Crippen MR) is 75.1 cm³/mol. The number of carboxylic acids is 1. The molecular formula is C12H12N2O6S. The third-order valence-corrected chi connectivity index (χ3v) is 4.49. The van der Waals surface area contributed by atoms with Crippen LogP contribution in [0, 0.1) is 17.0 Å². The van der Waals surface area contributed by atoms with E-state index in [-0.39, 0.29) is 28.3 Å². The maximum absolute atomic E-state index is 11.3. The van der Waals surface area contributed by atoms with E-state index in [1.165, 1.54) is 19.1 Å². The quantitative estimate of drug-likeness (QED) is 0.634. The van der Waals surface area contributed by atoms with E-state index in [0.717, 1.165) is 11.5 Å². The summed E-state index contributed by atoms with van der Waals surface area (Å²) in [5.41, 5.74) is -0.0853. The molecule has 1 heterocycles. The summed E-state index contributed by atoms with van der Waals surface area (Å²) >= 11 is 0. The molecule has 0 fully saturated rings. The zero-order valence-electron chi connectivity index (χ0n) is 10.9. The Morgan fingerprint density at radius 3 is 2.62 bits per heavy atom. The number of benzene rings is 1. The molecule has 1 unspecified atom stereocenters. The van der Waals surface area contributed by atoms with Gasteiger partial charge in [0.15, 0.2) is 9.84 Å². The van der Waals surface area contributed by atoms with E-state index in [4.69, 9.17) is 5.11 Å². The molecule has 8 nitrogen and oxygen atoms in total. The molecule has 1 atom stereocenters. The summed E-state index contributed by atoms with van der Waals surface area (Å²) in [7, 11) is -3.27. The van der Waals surface area contributed by atoms with Crippen LogP contribution in [0.1, 0.15) is 15.9 Å². The van der Waals surface area contributed by atoms with Crippen LogP contribution in [0.4, 0.5) is 11.4 Å². The van der Waals surface area contributed by atoms with Crippen molar-refractivity contribution >= 4 is 27.2 Å². The average molecular weight is 312 g/mol. The first-order valence-corrected chi connectivity index (χ1v) is 7.61. The molecule has 0 aliphatic carbocycles. The molecule has 0 saturated heterocycles. The normalized spacial score (nSPS) is 19.4. The van der Waals surface area contributed by atoms with Gasteiger partial charge in [0.1, 0.15) is 0 Å². The summed E-state index contributed by atoms with van der Waals surface area (Å²) in [6.07, 6.45) is 1.42. The molecule has 0 radical (unpaired) electrons. The lowest BCUT2D eigenvalue weighted by Crippen LogP contribution is -2.22. The van der Waals surface area contributed by atoms with Crippen molar-refractivity contribution in [2.24, 2.45) is 0 Å². The predicted octanol–water partition coefficient (Wildman–Crippen LogP) is 1.32. The van der Waals surface area contributed by atoms with Crippen LogP contribution in [0.25, 0.3) is 0 Å². The average Bonchev–Trinajstić information content (AvgIpc) is 2.70. The minimum atomic E-state index is -3.27. The number of nitrogens with one attached hydrogen (secondary N) is 1. The van der Waals surface area contributed by atoms with Crippen LogP contribution in [-0.2, 0) is 9.84 Å². The van der Waals surface area contributed by atoms with Crippen LogP contribution in [0.5, 0.6) is 0 Å². The van der Waals surface area contributed by atoms with Crippen molar-refractivity contribution in [2.75, 3.05) is 11.1 Å². The fourth-order valence-electron chi connectivity index (χ4n) is 2.03. The van der Waals surface area contributed by atoms with Crippen molar-refractivity contribution in [1.82, 2.24) is 0 Å². The lowest BCUT2D eigenvalue weighted by molar-refractivity contribution is -0.385. The van der Waals surface area contributed by atoms with Gasteiger partial charge in [-0.15, -0.1) is 0 Å². The molecule has 1 aromatic rings. The SMILES string of the molecule is Cc1c(NC2C=CS(=O)(=O)C2)cc(C(=O)O)cc1[N+](=O)[O-]. The lowest BCUT2D eigenvalue weighted by Gasteiger charge is -2.14. The number of nitro groups is 1. The van der Waals surface area contributed by atoms with E-state index < -0.39 is 26.8 Å². The molecule has 0 saturated carbocycles. The number of hydrogen-bond acceptors (Lipinski definition) is 6. The zero-order chi connectivity index (χ0) is 15.8. The Morgan fingerprint density at radius 2 is 2.14 bits per heavy atom. The number of aromatic carboxylic acids is 1.